The summed E-state index contributed by atoms with van der Waals surface area (Å²) in [7, 11) is 1.53. The van der Waals surface area contributed by atoms with E-state index in [1.165, 1.54) is 13.5 Å². The van der Waals surface area contributed by atoms with Crippen molar-refractivity contribution in [1.82, 2.24) is 4.90 Å². The molecular formula is C15H23ClN2O2. The monoisotopic (exact) mass is 298 g/mol. The Hall–Kier alpha value is -0.970. The van der Waals surface area contributed by atoms with Crippen LogP contribution >= 0.6 is 11.6 Å². The van der Waals surface area contributed by atoms with Crippen molar-refractivity contribution in [2.24, 2.45) is 11.7 Å². The molecule has 5 heteroatoms. The van der Waals surface area contributed by atoms with Gasteiger partial charge >= 0.3 is 0 Å². The number of methoxy groups -OCH3 is 1. The van der Waals surface area contributed by atoms with E-state index < -0.39 is 0 Å². The molecule has 0 radical (unpaired) electrons. The Bertz CT molecular complexity index is 467. The molecule has 0 bridgehead atoms. The first-order valence-corrected chi connectivity index (χ1v) is 7.44. The first-order valence-electron chi connectivity index (χ1n) is 7.06. The Morgan fingerprint density at radius 2 is 2.25 bits per heavy atom. The summed E-state index contributed by atoms with van der Waals surface area (Å²) < 4.78 is 5.15. The fraction of sp³-hybridized carbons (Fsp3) is 0.600. The summed E-state index contributed by atoms with van der Waals surface area (Å²) in [5.41, 5.74) is 6.70. The van der Waals surface area contributed by atoms with Crippen LogP contribution in [0.1, 0.15) is 25.3 Å². The highest BCUT2D eigenvalue weighted by Gasteiger charge is 2.28. The summed E-state index contributed by atoms with van der Waals surface area (Å²) in [6, 6.07) is 3.78. The molecule has 1 heterocycles. The number of ether oxygens (including phenoxy) is 1. The normalized spacial score (nSPS) is 23.8. The zero-order valence-electron chi connectivity index (χ0n) is 12.1. The van der Waals surface area contributed by atoms with E-state index in [1.54, 1.807) is 12.1 Å². The second-order valence-corrected chi connectivity index (χ2v) is 5.95. The lowest BCUT2D eigenvalue weighted by molar-refractivity contribution is 0.0981. The first-order chi connectivity index (χ1) is 9.56. The maximum Gasteiger partial charge on any atom is 0.162 e. The third kappa shape index (κ3) is 3.19. The zero-order valence-corrected chi connectivity index (χ0v) is 12.9. The Kier molecular flexibility index (Phi) is 5.13. The van der Waals surface area contributed by atoms with Gasteiger partial charge in [0.15, 0.2) is 11.5 Å². The summed E-state index contributed by atoms with van der Waals surface area (Å²) in [6.07, 6.45) is 2.37. The van der Waals surface area contributed by atoms with Crippen LogP contribution in [0.2, 0.25) is 5.02 Å². The molecule has 112 valence electrons. The lowest BCUT2D eigenvalue weighted by Gasteiger charge is -2.39. The third-order valence-corrected chi connectivity index (χ3v) is 4.40. The van der Waals surface area contributed by atoms with Crippen LogP contribution in [0.4, 0.5) is 0 Å². The molecule has 2 atom stereocenters. The second-order valence-electron chi connectivity index (χ2n) is 5.51. The average molecular weight is 299 g/mol. The predicted molar refractivity (Wildman–Crippen MR) is 81.3 cm³/mol. The molecule has 1 fully saturated rings. The number of hydrogen-bond donors (Lipinski definition) is 2. The zero-order chi connectivity index (χ0) is 14.7. The number of nitrogens with zero attached hydrogens (tertiary/aromatic N) is 1. The molecule has 0 amide bonds. The Morgan fingerprint density at radius 1 is 1.50 bits per heavy atom. The molecule has 1 saturated heterocycles. The molecule has 0 saturated carbocycles. The van der Waals surface area contributed by atoms with E-state index >= 15 is 0 Å². The number of piperidine rings is 1. The van der Waals surface area contributed by atoms with Gasteiger partial charge in [-0.25, -0.2) is 0 Å². The largest absolute Gasteiger partial charge is 0.504 e. The molecule has 0 spiro atoms. The molecule has 0 aliphatic carbocycles. The minimum Gasteiger partial charge on any atom is -0.504 e. The van der Waals surface area contributed by atoms with Gasteiger partial charge in [-0.3, -0.25) is 4.90 Å². The molecule has 1 aliphatic heterocycles. The number of aromatic hydroxyl groups is 1. The van der Waals surface area contributed by atoms with Crippen LogP contribution < -0.4 is 10.5 Å². The van der Waals surface area contributed by atoms with Crippen molar-refractivity contribution in [3.8, 4) is 11.5 Å². The lowest BCUT2D eigenvalue weighted by Crippen LogP contribution is -2.48. The lowest BCUT2D eigenvalue weighted by atomic mass is 9.90. The van der Waals surface area contributed by atoms with E-state index in [4.69, 9.17) is 22.1 Å². The maximum absolute atomic E-state index is 10.2. The Morgan fingerprint density at radius 3 is 2.90 bits per heavy atom. The molecule has 4 nitrogen and oxygen atoms in total. The van der Waals surface area contributed by atoms with E-state index in [1.807, 2.05) is 0 Å². The Balaban J connectivity index is 2.22. The predicted octanol–water partition coefficient (Wildman–Crippen LogP) is 2.61. The fourth-order valence-corrected chi connectivity index (χ4v) is 3.27. The molecule has 1 aromatic carbocycles. The van der Waals surface area contributed by atoms with Gasteiger partial charge in [0.25, 0.3) is 0 Å². The van der Waals surface area contributed by atoms with Crippen molar-refractivity contribution in [1.29, 1.82) is 0 Å². The van der Waals surface area contributed by atoms with Crippen LogP contribution in [-0.4, -0.2) is 36.2 Å². The number of hydrogen-bond acceptors (Lipinski definition) is 4. The standard InChI is InChI=1S/C15H23ClN2O2/c1-10-4-3-5-18(13(10)8-17)9-11-6-12(16)7-14(20-2)15(11)19/h6-7,10,13,19H,3-5,8-9,17H2,1-2H3. The van der Waals surface area contributed by atoms with Gasteiger partial charge in [-0.1, -0.05) is 18.5 Å². The van der Waals surface area contributed by atoms with Gasteiger partial charge in [0, 0.05) is 35.8 Å². The minimum absolute atomic E-state index is 0.172. The molecule has 2 rings (SSSR count). The van der Waals surface area contributed by atoms with Gasteiger partial charge in [0.2, 0.25) is 0 Å². The minimum atomic E-state index is 0.172. The van der Waals surface area contributed by atoms with Crippen molar-refractivity contribution in [3.63, 3.8) is 0 Å². The highest BCUT2D eigenvalue weighted by molar-refractivity contribution is 6.30. The van der Waals surface area contributed by atoms with E-state index in [9.17, 15) is 5.11 Å². The summed E-state index contributed by atoms with van der Waals surface area (Å²) in [5, 5.41) is 10.8. The molecule has 1 aromatic rings. The van der Waals surface area contributed by atoms with Crippen molar-refractivity contribution >= 4 is 11.6 Å². The van der Waals surface area contributed by atoms with E-state index in [0.29, 0.717) is 35.8 Å². The molecule has 2 unspecified atom stereocenters. The van der Waals surface area contributed by atoms with E-state index in [0.717, 1.165) is 18.5 Å². The number of phenols is 1. The van der Waals surface area contributed by atoms with Crippen LogP contribution in [0.15, 0.2) is 12.1 Å². The summed E-state index contributed by atoms with van der Waals surface area (Å²) >= 11 is 6.08. The molecule has 1 aliphatic rings. The van der Waals surface area contributed by atoms with Crippen LogP contribution in [0, 0.1) is 5.92 Å². The van der Waals surface area contributed by atoms with Gasteiger partial charge in [0.05, 0.1) is 7.11 Å². The Labute approximate surface area is 125 Å². The van der Waals surface area contributed by atoms with E-state index in [2.05, 4.69) is 11.8 Å². The summed E-state index contributed by atoms with van der Waals surface area (Å²) in [5.74, 6) is 1.17. The topological polar surface area (TPSA) is 58.7 Å². The maximum atomic E-state index is 10.2. The van der Waals surface area contributed by atoms with Crippen LogP contribution in [0.3, 0.4) is 0 Å². The van der Waals surface area contributed by atoms with Gasteiger partial charge in [-0.05, 0) is 31.4 Å². The number of rotatable bonds is 4. The number of halogens is 1. The van der Waals surface area contributed by atoms with Crippen molar-refractivity contribution < 1.29 is 9.84 Å². The quantitative estimate of drug-likeness (QED) is 0.897. The first kappa shape index (κ1) is 15.4. The number of nitrogens with two attached hydrogens (primary N) is 1. The summed E-state index contributed by atoms with van der Waals surface area (Å²) in [6.45, 7) is 4.52. The second kappa shape index (κ2) is 6.66. The molecule has 3 N–H and O–H groups in total. The molecular weight excluding hydrogens is 276 g/mol. The van der Waals surface area contributed by atoms with Crippen LogP contribution in [0.5, 0.6) is 11.5 Å². The van der Waals surface area contributed by atoms with Gasteiger partial charge < -0.3 is 15.6 Å². The fourth-order valence-electron chi connectivity index (χ4n) is 3.04. The van der Waals surface area contributed by atoms with Crippen LogP contribution in [-0.2, 0) is 6.54 Å². The summed E-state index contributed by atoms with van der Waals surface area (Å²) in [4.78, 5) is 2.33. The van der Waals surface area contributed by atoms with Crippen molar-refractivity contribution in [3.05, 3.63) is 22.7 Å². The van der Waals surface area contributed by atoms with E-state index in [-0.39, 0.29) is 5.75 Å². The van der Waals surface area contributed by atoms with Crippen molar-refractivity contribution in [2.45, 2.75) is 32.4 Å². The van der Waals surface area contributed by atoms with Gasteiger partial charge in [-0.15, -0.1) is 0 Å². The number of phenolic OH excluding ortho intramolecular Hbond substituents is 1. The number of benzene rings is 1. The smallest absolute Gasteiger partial charge is 0.162 e. The number of likely N-dealkylation sites (tertiary alicyclic amines) is 1. The highest BCUT2D eigenvalue weighted by Crippen LogP contribution is 2.35. The average Bonchev–Trinajstić information content (AvgIpc) is 2.42. The van der Waals surface area contributed by atoms with Gasteiger partial charge in [0.1, 0.15) is 0 Å². The van der Waals surface area contributed by atoms with Crippen molar-refractivity contribution in [2.75, 3.05) is 20.2 Å². The SMILES string of the molecule is COc1cc(Cl)cc(CN2CCCC(C)C2CN)c1O. The molecule has 0 aromatic heterocycles. The molecule has 20 heavy (non-hydrogen) atoms. The third-order valence-electron chi connectivity index (χ3n) is 4.18. The highest BCUT2D eigenvalue weighted by atomic mass is 35.5. The van der Waals surface area contributed by atoms with Crippen LogP contribution in [0.25, 0.3) is 0 Å². The van der Waals surface area contributed by atoms with Gasteiger partial charge in [-0.2, -0.15) is 0 Å².